The van der Waals surface area contributed by atoms with Crippen molar-refractivity contribution < 1.29 is 0 Å². The normalized spacial score (nSPS) is 24.5. The van der Waals surface area contributed by atoms with Gasteiger partial charge in [-0.1, -0.05) is 13.3 Å². The molecule has 1 fully saturated rings. The highest BCUT2D eigenvalue weighted by molar-refractivity contribution is 7.18. The second kappa shape index (κ2) is 4.35. The first-order valence-corrected chi connectivity index (χ1v) is 7.07. The van der Waals surface area contributed by atoms with Gasteiger partial charge in [0.15, 0.2) is 0 Å². The summed E-state index contributed by atoms with van der Waals surface area (Å²) in [6.45, 7) is 4.46. The Morgan fingerprint density at radius 1 is 1.53 bits per heavy atom. The van der Waals surface area contributed by atoms with Crippen molar-refractivity contribution in [1.29, 1.82) is 0 Å². The molecule has 3 heterocycles. The van der Waals surface area contributed by atoms with E-state index in [1.54, 1.807) is 0 Å². The zero-order chi connectivity index (χ0) is 11.7. The van der Waals surface area contributed by atoms with Crippen LogP contribution in [-0.4, -0.2) is 23.1 Å². The molecule has 1 aliphatic rings. The topological polar surface area (TPSA) is 37.8 Å². The predicted molar refractivity (Wildman–Crippen MR) is 71.5 cm³/mol. The SMILES string of the molecule is CCCC1(c2nc3cnccc3s2)CCNC1. The fourth-order valence-corrected chi connectivity index (χ4v) is 3.91. The molecular weight excluding hydrogens is 230 g/mol. The van der Waals surface area contributed by atoms with E-state index in [1.165, 1.54) is 29.0 Å². The van der Waals surface area contributed by atoms with Gasteiger partial charge in [0.05, 0.1) is 16.4 Å². The molecule has 1 saturated heterocycles. The van der Waals surface area contributed by atoms with Crippen LogP contribution in [-0.2, 0) is 5.41 Å². The van der Waals surface area contributed by atoms with E-state index in [9.17, 15) is 0 Å². The van der Waals surface area contributed by atoms with E-state index < -0.39 is 0 Å². The Morgan fingerprint density at radius 2 is 2.47 bits per heavy atom. The van der Waals surface area contributed by atoms with E-state index in [1.807, 2.05) is 23.7 Å². The zero-order valence-corrected chi connectivity index (χ0v) is 10.9. The van der Waals surface area contributed by atoms with Crippen LogP contribution < -0.4 is 5.32 Å². The Morgan fingerprint density at radius 3 is 3.18 bits per heavy atom. The van der Waals surface area contributed by atoms with Crippen molar-refractivity contribution in [2.75, 3.05) is 13.1 Å². The number of pyridine rings is 1. The summed E-state index contributed by atoms with van der Waals surface area (Å²) in [6, 6.07) is 2.07. The molecule has 3 rings (SSSR count). The van der Waals surface area contributed by atoms with E-state index >= 15 is 0 Å². The summed E-state index contributed by atoms with van der Waals surface area (Å²) in [5.41, 5.74) is 1.33. The highest BCUT2D eigenvalue weighted by Gasteiger charge is 2.37. The third-order valence-electron chi connectivity index (χ3n) is 3.62. The highest BCUT2D eigenvalue weighted by atomic mass is 32.1. The zero-order valence-electron chi connectivity index (χ0n) is 10.1. The fourth-order valence-electron chi connectivity index (χ4n) is 2.73. The molecule has 0 bridgehead atoms. The number of rotatable bonds is 3. The van der Waals surface area contributed by atoms with Crippen molar-refractivity contribution in [1.82, 2.24) is 15.3 Å². The van der Waals surface area contributed by atoms with Gasteiger partial charge in [0, 0.05) is 18.2 Å². The average Bonchev–Trinajstić information content (AvgIpc) is 2.95. The van der Waals surface area contributed by atoms with Crippen LogP contribution in [0.5, 0.6) is 0 Å². The minimum Gasteiger partial charge on any atom is -0.316 e. The predicted octanol–water partition coefficient (Wildman–Crippen LogP) is 2.72. The van der Waals surface area contributed by atoms with Crippen LogP contribution >= 0.6 is 11.3 Å². The van der Waals surface area contributed by atoms with E-state index in [2.05, 4.69) is 23.3 Å². The monoisotopic (exact) mass is 247 g/mol. The molecular formula is C13H17N3S. The molecule has 1 unspecified atom stereocenters. The lowest BCUT2D eigenvalue weighted by Gasteiger charge is -2.24. The Hall–Kier alpha value is -1.00. The van der Waals surface area contributed by atoms with E-state index in [4.69, 9.17) is 4.98 Å². The molecule has 17 heavy (non-hydrogen) atoms. The Labute approximate surface area is 105 Å². The minimum atomic E-state index is 0.276. The van der Waals surface area contributed by atoms with Gasteiger partial charge in [0.2, 0.25) is 0 Å². The van der Waals surface area contributed by atoms with Crippen LogP contribution in [0, 0.1) is 0 Å². The molecule has 2 aromatic heterocycles. The van der Waals surface area contributed by atoms with Crippen molar-refractivity contribution in [2.24, 2.45) is 0 Å². The number of thiazole rings is 1. The number of fused-ring (bicyclic) bond motifs is 1. The third kappa shape index (κ3) is 1.85. The molecule has 90 valence electrons. The minimum absolute atomic E-state index is 0.276. The summed E-state index contributed by atoms with van der Waals surface area (Å²) in [6.07, 6.45) is 7.39. The highest BCUT2D eigenvalue weighted by Crippen LogP contribution is 2.39. The molecule has 0 radical (unpaired) electrons. The Balaban J connectivity index is 2.05. The fraction of sp³-hybridized carbons (Fsp3) is 0.538. The van der Waals surface area contributed by atoms with Gasteiger partial charge in [-0.3, -0.25) is 4.98 Å². The summed E-state index contributed by atoms with van der Waals surface area (Å²) in [7, 11) is 0. The van der Waals surface area contributed by atoms with Crippen LogP contribution in [0.1, 0.15) is 31.2 Å². The second-order valence-corrected chi connectivity index (χ2v) is 5.85. The molecule has 0 spiro atoms. The van der Waals surface area contributed by atoms with Gasteiger partial charge in [-0.25, -0.2) is 4.98 Å². The van der Waals surface area contributed by atoms with Gasteiger partial charge in [-0.2, -0.15) is 0 Å². The average molecular weight is 247 g/mol. The van der Waals surface area contributed by atoms with Gasteiger partial charge in [0.25, 0.3) is 0 Å². The molecule has 3 nitrogen and oxygen atoms in total. The molecule has 0 aliphatic carbocycles. The molecule has 4 heteroatoms. The molecule has 1 N–H and O–H groups in total. The van der Waals surface area contributed by atoms with Gasteiger partial charge in [-0.05, 0) is 25.5 Å². The van der Waals surface area contributed by atoms with Crippen molar-refractivity contribution in [3.05, 3.63) is 23.5 Å². The second-order valence-electron chi connectivity index (χ2n) is 4.82. The Kier molecular flexibility index (Phi) is 2.84. The van der Waals surface area contributed by atoms with Gasteiger partial charge < -0.3 is 5.32 Å². The summed E-state index contributed by atoms with van der Waals surface area (Å²) in [4.78, 5) is 8.95. The summed E-state index contributed by atoms with van der Waals surface area (Å²) in [5, 5.41) is 4.79. The lowest BCUT2D eigenvalue weighted by molar-refractivity contribution is 0.426. The van der Waals surface area contributed by atoms with Crippen LogP contribution in [0.25, 0.3) is 10.2 Å². The van der Waals surface area contributed by atoms with E-state index in [0.29, 0.717) is 0 Å². The standard InChI is InChI=1S/C13H17N3S/c1-2-4-13(5-7-15-9-13)12-16-10-8-14-6-3-11(10)17-12/h3,6,8,15H,2,4-5,7,9H2,1H3. The van der Waals surface area contributed by atoms with Gasteiger partial charge >= 0.3 is 0 Å². The van der Waals surface area contributed by atoms with Gasteiger partial charge in [-0.15, -0.1) is 11.3 Å². The van der Waals surface area contributed by atoms with Crippen LogP contribution in [0.2, 0.25) is 0 Å². The quantitative estimate of drug-likeness (QED) is 0.906. The van der Waals surface area contributed by atoms with Crippen molar-refractivity contribution in [3.63, 3.8) is 0 Å². The molecule has 0 amide bonds. The number of hydrogen-bond donors (Lipinski definition) is 1. The van der Waals surface area contributed by atoms with E-state index in [0.717, 1.165) is 18.6 Å². The molecule has 0 aromatic carbocycles. The maximum absolute atomic E-state index is 4.80. The molecule has 0 saturated carbocycles. The van der Waals surface area contributed by atoms with Crippen molar-refractivity contribution in [3.8, 4) is 0 Å². The van der Waals surface area contributed by atoms with E-state index in [-0.39, 0.29) is 5.41 Å². The summed E-state index contributed by atoms with van der Waals surface area (Å²) >= 11 is 1.84. The first kappa shape index (κ1) is 11.1. The van der Waals surface area contributed by atoms with Crippen LogP contribution in [0.15, 0.2) is 18.5 Å². The maximum Gasteiger partial charge on any atom is 0.101 e. The summed E-state index contributed by atoms with van der Waals surface area (Å²) in [5.74, 6) is 0. The van der Waals surface area contributed by atoms with Crippen molar-refractivity contribution >= 4 is 21.6 Å². The third-order valence-corrected chi connectivity index (χ3v) is 4.90. The van der Waals surface area contributed by atoms with Gasteiger partial charge in [0.1, 0.15) is 5.01 Å². The number of nitrogens with one attached hydrogen (secondary N) is 1. The largest absolute Gasteiger partial charge is 0.316 e. The lowest BCUT2D eigenvalue weighted by atomic mass is 9.83. The van der Waals surface area contributed by atoms with Crippen LogP contribution in [0.3, 0.4) is 0 Å². The number of hydrogen-bond acceptors (Lipinski definition) is 4. The molecule has 1 aliphatic heterocycles. The maximum atomic E-state index is 4.80. The van der Waals surface area contributed by atoms with Crippen molar-refractivity contribution in [2.45, 2.75) is 31.6 Å². The first-order valence-electron chi connectivity index (χ1n) is 6.26. The summed E-state index contributed by atoms with van der Waals surface area (Å²) < 4.78 is 1.26. The Bertz CT molecular complexity index is 481. The molecule has 2 aromatic rings. The smallest absolute Gasteiger partial charge is 0.101 e. The van der Waals surface area contributed by atoms with Crippen LogP contribution in [0.4, 0.5) is 0 Å². The molecule has 1 atom stereocenters. The number of aromatic nitrogens is 2. The first-order chi connectivity index (χ1) is 8.34. The number of nitrogens with zero attached hydrogens (tertiary/aromatic N) is 2. The lowest BCUT2D eigenvalue weighted by Crippen LogP contribution is -2.28.